The molecule has 6 rings (SSSR count). The van der Waals surface area contributed by atoms with Crippen molar-refractivity contribution in [1.29, 1.82) is 0 Å². The monoisotopic (exact) mass is 819 g/mol. The number of anilines is 3. The van der Waals surface area contributed by atoms with E-state index in [1.54, 1.807) is 31.5 Å². The molecule has 18 heteroatoms. The number of ether oxygens (including phenoxy) is 1. The molecule has 286 valence electrons. The van der Waals surface area contributed by atoms with E-state index in [-0.39, 0.29) is 46.9 Å². The molecule has 0 atom stereocenters. The molecule has 3 heterocycles. The number of rotatable bonds is 13. The van der Waals surface area contributed by atoms with Gasteiger partial charge in [0.2, 0.25) is 5.95 Å². The normalized spacial score (nSPS) is 13.8. The zero-order valence-electron chi connectivity index (χ0n) is 31.4. The molecule has 0 bridgehead atoms. The summed E-state index contributed by atoms with van der Waals surface area (Å²) in [6.07, 6.45) is 2.89. The van der Waals surface area contributed by atoms with Crippen LogP contribution in [0.3, 0.4) is 0 Å². The van der Waals surface area contributed by atoms with Gasteiger partial charge in [0.05, 0.1) is 39.8 Å². The quantitative estimate of drug-likeness (QED) is 0.170. The number of aromatic nitrogens is 3. The molecule has 0 amide bonds. The van der Waals surface area contributed by atoms with Crippen LogP contribution in [-0.2, 0) is 19.9 Å². The first kappa shape index (κ1) is 42.4. The first-order chi connectivity index (χ1) is 25.6. The van der Waals surface area contributed by atoms with E-state index in [4.69, 9.17) is 14.7 Å². The third kappa shape index (κ3) is 10.2. The number of hydrogen-bond acceptors (Lipinski definition) is 12. The molecule has 3 aromatic carbocycles. The molecule has 1 fully saturated rings. The zero-order valence-corrected chi connectivity index (χ0v) is 35.8. The summed E-state index contributed by atoms with van der Waals surface area (Å²) in [6.45, 7) is 9.56. The molecule has 0 radical (unpaired) electrons. The van der Waals surface area contributed by atoms with Gasteiger partial charge in [-0.15, -0.1) is 17.0 Å². The van der Waals surface area contributed by atoms with Gasteiger partial charge in [0.15, 0.2) is 0 Å². The van der Waals surface area contributed by atoms with Crippen LogP contribution in [0.15, 0.2) is 71.8 Å². The van der Waals surface area contributed by atoms with Gasteiger partial charge in [0.25, 0.3) is 0 Å². The van der Waals surface area contributed by atoms with Gasteiger partial charge in [0.1, 0.15) is 42.1 Å². The molecular weight excluding hydrogens is 780 g/mol. The Hall–Kier alpha value is -3.71. The summed E-state index contributed by atoms with van der Waals surface area (Å²) in [5.41, 5.74) is 4.31. The second-order valence-electron chi connectivity index (χ2n) is 13.2. The minimum Gasteiger partial charge on any atom is -0.573 e. The summed E-state index contributed by atoms with van der Waals surface area (Å²) in [7, 11) is -6.14. The van der Waals surface area contributed by atoms with Crippen LogP contribution in [0.25, 0.3) is 26.6 Å². The topological polar surface area (TPSA) is 149 Å². The molecule has 0 unspecified atom stereocenters. The van der Waals surface area contributed by atoms with E-state index in [1.165, 1.54) is 29.7 Å². The molecule has 0 spiro atoms. The summed E-state index contributed by atoms with van der Waals surface area (Å²) in [6, 6.07) is 14.8. The molecule has 1 saturated heterocycles. The minimum absolute atomic E-state index is 0. The summed E-state index contributed by atoms with van der Waals surface area (Å²) in [5, 5.41) is 4.12. The van der Waals surface area contributed by atoms with Gasteiger partial charge >= 0.3 is 29.6 Å². The van der Waals surface area contributed by atoms with E-state index in [9.17, 15) is 25.6 Å². The summed E-state index contributed by atoms with van der Waals surface area (Å²) in [4.78, 5) is 18.2. The number of aryl methyl sites for hydroxylation is 1. The largest absolute Gasteiger partial charge is 1.00 e. The van der Waals surface area contributed by atoms with E-state index in [2.05, 4.69) is 24.8 Å². The van der Waals surface area contributed by atoms with Crippen molar-refractivity contribution in [3.63, 3.8) is 0 Å². The molecule has 2 aromatic heterocycles. The van der Waals surface area contributed by atoms with E-state index in [0.717, 1.165) is 60.6 Å². The second kappa shape index (κ2) is 17.6. The van der Waals surface area contributed by atoms with Crippen molar-refractivity contribution in [3.05, 3.63) is 93.8 Å². The van der Waals surface area contributed by atoms with Gasteiger partial charge < -0.3 is 19.7 Å². The number of nitrogens with zero attached hydrogens (tertiary/aromatic N) is 6. The second-order valence-corrected chi connectivity index (χ2v) is 18.1. The Bertz CT molecular complexity index is 2370. The number of thiazole rings is 1. The molecule has 1 aliphatic heterocycles. The summed E-state index contributed by atoms with van der Waals surface area (Å²) >= 11 is 1.44. The maximum atomic E-state index is 14.4. The van der Waals surface area contributed by atoms with Crippen LogP contribution in [0.2, 0.25) is 0 Å². The van der Waals surface area contributed by atoms with E-state index in [0.29, 0.717) is 45.8 Å². The van der Waals surface area contributed by atoms with Gasteiger partial charge in [-0.05, 0) is 36.8 Å². The average molecular weight is 820 g/mol. The maximum absolute atomic E-state index is 14.4. The fourth-order valence-electron chi connectivity index (χ4n) is 6.03. The van der Waals surface area contributed by atoms with Crippen molar-refractivity contribution >= 4 is 54.2 Å². The number of piperazine rings is 1. The van der Waals surface area contributed by atoms with E-state index in [1.807, 2.05) is 32.9 Å². The average Bonchev–Trinajstić information content (AvgIpc) is 3.57. The van der Waals surface area contributed by atoms with Crippen LogP contribution in [0, 0.1) is 18.6 Å². The summed E-state index contributed by atoms with van der Waals surface area (Å²) in [5.74, 6) is -1.34. The third-order valence-electron chi connectivity index (χ3n) is 8.80. The van der Waals surface area contributed by atoms with E-state index < -0.39 is 36.4 Å². The van der Waals surface area contributed by atoms with Crippen molar-refractivity contribution < 1.29 is 59.9 Å². The molecule has 1 N–H and O–H groups in total. The molecular formula is C37H40F2N7NaO5S3. The van der Waals surface area contributed by atoms with Gasteiger partial charge in [-0.25, -0.2) is 40.6 Å². The van der Waals surface area contributed by atoms with Gasteiger partial charge in [0, 0.05) is 68.4 Å². The third-order valence-corrected chi connectivity index (χ3v) is 12.5. The van der Waals surface area contributed by atoms with Crippen molar-refractivity contribution in [2.75, 3.05) is 62.1 Å². The summed E-state index contributed by atoms with van der Waals surface area (Å²) < 4.78 is 87.5. The number of halogens is 2. The van der Waals surface area contributed by atoms with Crippen LogP contribution in [0.5, 0.6) is 5.75 Å². The number of benzene rings is 3. The maximum Gasteiger partial charge on any atom is 1.00 e. The van der Waals surface area contributed by atoms with Crippen LogP contribution < -0.4 is 44.5 Å². The molecule has 0 aliphatic carbocycles. The van der Waals surface area contributed by atoms with Crippen molar-refractivity contribution in [1.82, 2.24) is 19.9 Å². The van der Waals surface area contributed by atoms with Crippen molar-refractivity contribution in [2.45, 2.75) is 31.6 Å². The Morgan fingerprint density at radius 3 is 2.31 bits per heavy atom. The number of sulfone groups is 1. The molecule has 0 saturated carbocycles. The van der Waals surface area contributed by atoms with Crippen LogP contribution >= 0.6 is 11.3 Å². The molecule has 55 heavy (non-hydrogen) atoms. The first-order valence-corrected chi connectivity index (χ1v) is 21.4. The van der Waals surface area contributed by atoms with Crippen LogP contribution in [0.4, 0.5) is 31.8 Å². The Balaban J connectivity index is 0.00000580. The van der Waals surface area contributed by atoms with Gasteiger partial charge in [-0.2, -0.15) is 0 Å². The van der Waals surface area contributed by atoms with E-state index >= 15 is 0 Å². The van der Waals surface area contributed by atoms with Gasteiger partial charge in [-0.3, -0.25) is 4.90 Å². The molecule has 5 aromatic rings. The fourth-order valence-corrected chi connectivity index (χ4v) is 8.80. The molecule has 1 aliphatic rings. The Kier molecular flexibility index (Phi) is 13.6. The van der Waals surface area contributed by atoms with Crippen LogP contribution in [0.1, 0.15) is 30.3 Å². The number of methoxy groups -OCH3 is 1. The SMILES string of the molecule is COc1cc(N2CCN(CCS(C)(=O)=O)CC2)c(C)cc1Nc1nccc(-c2sc(C(C)C)nc2-c2cccc([N-]S(=O)(=O)c3c(F)cccc3F)c2)n1.[Na+]. The Labute approximate surface area is 346 Å². The Morgan fingerprint density at radius 2 is 1.65 bits per heavy atom. The number of sulfonamides is 1. The Morgan fingerprint density at radius 1 is 0.964 bits per heavy atom. The van der Waals surface area contributed by atoms with Crippen molar-refractivity contribution in [2.24, 2.45) is 0 Å². The van der Waals surface area contributed by atoms with Crippen LogP contribution in [-0.4, -0.2) is 88.5 Å². The molecule has 12 nitrogen and oxygen atoms in total. The smallest absolute Gasteiger partial charge is 0.573 e. The standard InChI is InChI=1S/C37H40F2N7O5S3.Na/c1-23(2)36-43-33(25-8-6-9-26(21-25)44-54(49,50)35-27(38)10-7-11-28(35)39)34(52-36)29-12-13-40-37(41-29)42-30-20-24(3)31(22-32(30)51-4)46-16-14-45(15-17-46)18-19-53(5,47)48;/h6-13,20-23H,14-19H2,1-5H3,(H,40,41,42);/q-1;+1. The zero-order chi connectivity index (χ0) is 38.8. The number of hydrogen-bond donors (Lipinski definition) is 1. The predicted octanol–water partition coefficient (Wildman–Crippen LogP) is 4.29. The van der Waals surface area contributed by atoms with Crippen molar-refractivity contribution in [3.8, 4) is 27.6 Å². The first-order valence-electron chi connectivity index (χ1n) is 17.1. The minimum atomic E-state index is -4.71. The number of nitrogens with one attached hydrogen (secondary N) is 1. The fraction of sp³-hybridized carbons (Fsp3) is 0.324. The van der Waals surface area contributed by atoms with Gasteiger partial charge in [-0.1, -0.05) is 44.2 Å². The predicted molar refractivity (Wildman–Crippen MR) is 209 cm³/mol.